The summed E-state index contributed by atoms with van der Waals surface area (Å²) >= 11 is 0. The van der Waals surface area contributed by atoms with Crippen LogP contribution in [0.25, 0.3) is 0 Å². The summed E-state index contributed by atoms with van der Waals surface area (Å²) in [5, 5.41) is 3.28. The lowest BCUT2D eigenvalue weighted by Gasteiger charge is -2.30. The van der Waals surface area contributed by atoms with Crippen molar-refractivity contribution in [3.05, 3.63) is 47.7 Å². The summed E-state index contributed by atoms with van der Waals surface area (Å²) < 4.78 is 5.20. The molecule has 0 spiro atoms. The van der Waals surface area contributed by atoms with Crippen LogP contribution in [0.1, 0.15) is 25.8 Å². The Kier molecular flexibility index (Phi) is 3.18. The third-order valence-corrected chi connectivity index (χ3v) is 2.65. The Balaban J connectivity index is 1.98. The first kappa shape index (κ1) is 11.7. The largest absolute Gasteiger partial charge is 0.456 e. The first-order valence-corrected chi connectivity index (χ1v) is 5.76. The fourth-order valence-corrected chi connectivity index (χ4v) is 1.91. The standard InChI is InChI=1S/C14H17NO2/c1-14(2)9-12(8-13(16)17-14)15-10-11-6-4-3-5-7-11/h3-8,15H,9-10H2,1-2H3. The molecule has 3 heteroatoms. The molecule has 1 heterocycles. The molecule has 0 saturated carbocycles. The minimum Gasteiger partial charge on any atom is -0.456 e. The van der Waals surface area contributed by atoms with E-state index in [1.165, 1.54) is 11.6 Å². The molecule has 1 aromatic rings. The molecule has 0 radical (unpaired) electrons. The quantitative estimate of drug-likeness (QED) is 0.812. The first-order valence-electron chi connectivity index (χ1n) is 5.76. The average molecular weight is 231 g/mol. The van der Waals surface area contributed by atoms with Crippen LogP contribution < -0.4 is 5.32 Å². The number of ether oxygens (including phenoxy) is 1. The van der Waals surface area contributed by atoms with E-state index in [0.29, 0.717) is 0 Å². The van der Waals surface area contributed by atoms with Crippen molar-refractivity contribution >= 4 is 5.97 Å². The molecule has 1 aliphatic heterocycles. The zero-order valence-electron chi connectivity index (χ0n) is 10.2. The van der Waals surface area contributed by atoms with Crippen molar-refractivity contribution in [3.63, 3.8) is 0 Å². The number of esters is 1. The Labute approximate surface area is 101 Å². The minimum atomic E-state index is -0.412. The van der Waals surface area contributed by atoms with Gasteiger partial charge in [-0.3, -0.25) is 0 Å². The average Bonchev–Trinajstić information content (AvgIpc) is 2.25. The number of carbonyl (C=O) groups is 1. The molecule has 17 heavy (non-hydrogen) atoms. The van der Waals surface area contributed by atoms with Gasteiger partial charge in [0, 0.05) is 24.7 Å². The molecule has 0 bridgehead atoms. The van der Waals surface area contributed by atoms with Gasteiger partial charge in [0.25, 0.3) is 0 Å². The van der Waals surface area contributed by atoms with E-state index in [2.05, 4.69) is 17.4 Å². The topological polar surface area (TPSA) is 38.3 Å². The Morgan fingerprint density at radius 2 is 2.00 bits per heavy atom. The third-order valence-electron chi connectivity index (χ3n) is 2.65. The first-order chi connectivity index (χ1) is 8.05. The fourth-order valence-electron chi connectivity index (χ4n) is 1.91. The molecule has 0 unspecified atom stereocenters. The Morgan fingerprint density at radius 3 is 2.65 bits per heavy atom. The van der Waals surface area contributed by atoms with Crippen molar-refractivity contribution in [2.45, 2.75) is 32.4 Å². The van der Waals surface area contributed by atoms with Crippen molar-refractivity contribution in [2.24, 2.45) is 0 Å². The number of cyclic esters (lactones) is 1. The van der Waals surface area contributed by atoms with Crippen LogP contribution in [-0.2, 0) is 16.1 Å². The second-order valence-corrected chi connectivity index (χ2v) is 4.87. The summed E-state index contributed by atoms with van der Waals surface area (Å²) in [7, 11) is 0. The van der Waals surface area contributed by atoms with Crippen LogP contribution >= 0.6 is 0 Å². The van der Waals surface area contributed by atoms with E-state index in [9.17, 15) is 4.79 Å². The highest BCUT2D eigenvalue weighted by atomic mass is 16.6. The predicted octanol–water partition coefficient (Wildman–Crippen LogP) is 2.39. The van der Waals surface area contributed by atoms with Gasteiger partial charge in [0.2, 0.25) is 0 Å². The van der Waals surface area contributed by atoms with Gasteiger partial charge in [0.15, 0.2) is 0 Å². The Morgan fingerprint density at radius 1 is 1.29 bits per heavy atom. The van der Waals surface area contributed by atoms with Gasteiger partial charge in [-0.25, -0.2) is 4.79 Å². The molecule has 2 rings (SSSR count). The molecule has 0 atom stereocenters. The molecular weight excluding hydrogens is 214 g/mol. The third kappa shape index (κ3) is 3.34. The van der Waals surface area contributed by atoms with Crippen LogP contribution in [0.4, 0.5) is 0 Å². The molecule has 0 fully saturated rings. The maximum atomic E-state index is 11.4. The highest BCUT2D eigenvalue weighted by molar-refractivity contribution is 5.84. The van der Waals surface area contributed by atoms with Gasteiger partial charge >= 0.3 is 5.97 Å². The van der Waals surface area contributed by atoms with Gasteiger partial charge in [-0.1, -0.05) is 30.3 Å². The molecule has 0 saturated heterocycles. The molecule has 0 aliphatic carbocycles. The second-order valence-electron chi connectivity index (χ2n) is 4.87. The highest BCUT2D eigenvalue weighted by Gasteiger charge is 2.28. The molecule has 1 N–H and O–H groups in total. The molecule has 3 nitrogen and oxygen atoms in total. The van der Waals surface area contributed by atoms with Gasteiger partial charge < -0.3 is 10.1 Å². The van der Waals surface area contributed by atoms with E-state index in [-0.39, 0.29) is 5.97 Å². The van der Waals surface area contributed by atoms with Crippen molar-refractivity contribution in [3.8, 4) is 0 Å². The number of carbonyl (C=O) groups excluding carboxylic acids is 1. The monoisotopic (exact) mass is 231 g/mol. The lowest BCUT2D eigenvalue weighted by molar-refractivity contribution is -0.152. The van der Waals surface area contributed by atoms with E-state index in [1.807, 2.05) is 32.0 Å². The van der Waals surface area contributed by atoms with Crippen LogP contribution in [0.3, 0.4) is 0 Å². The lowest BCUT2D eigenvalue weighted by atomic mass is 10.00. The van der Waals surface area contributed by atoms with E-state index in [1.54, 1.807) is 0 Å². The second kappa shape index (κ2) is 4.62. The van der Waals surface area contributed by atoms with Crippen molar-refractivity contribution in [2.75, 3.05) is 0 Å². The summed E-state index contributed by atoms with van der Waals surface area (Å²) in [6.07, 6.45) is 2.26. The maximum Gasteiger partial charge on any atom is 0.333 e. The van der Waals surface area contributed by atoms with Crippen LogP contribution in [0.2, 0.25) is 0 Å². The molecule has 0 aromatic heterocycles. The highest BCUT2D eigenvalue weighted by Crippen LogP contribution is 2.23. The zero-order chi connectivity index (χ0) is 12.3. The van der Waals surface area contributed by atoms with Gasteiger partial charge in [-0.2, -0.15) is 0 Å². The maximum absolute atomic E-state index is 11.4. The van der Waals surface area contributed by atoms with Crippen LogP contribution in [0, 0.1) is 0 Å². The smallest absolute Gasteiger partial charge is 0.333 e. The van der Waals surface area contributed by atoms with Gasteiger partial charge in [-0.05, 0) is 19.4 Å². The summed E-state index contributed by atoms with van der Waals surface area (Å²) in [5.41, 5.74) is 1.73. The van der Waals surface area contributed by atoms with Crippen molar-refractivity contribution in [1.29, 1.82) is 0 Å². The summed E-state index contributed by atoms with van der Waals surface area (Å²) in [6.45, 7) is 4.57. The number of rotatable bonds is 3. The predicted molar refractivity (Wildman–Crippen MR) is 66.2 cm³/mol. The normalized spacial score (nSPS) is 18.2. The van der Waals surface area contributed by atoms with Crippen LogP contribution in [0.15, 0.2) is 42.1 Å². The van der Waals surface area contributed by atoms with Crippen LogP contribution in [-0.4, -0.2) is 11.6 Å². The van der Waals surface area contributed by atoms with Crippen molar-refractivity contribution in [1.82, 2.24) is 5.32 Å². The summed E-state index contributed by atoms with van der Waals surface area (Å²) in [6, 6.07) is 10.1. The van der Waals surface area contributed by atoms with E-state index >= 15 is 0 Å². The zero-order valence-corrected chi connectivity index (χ0v) is 10.2. The van der Waals surface area contributed by atoms with Gasteiger partial charge in [-0.15, -0.1) is 0 Å². The molecule has 1 aromatic carbocycles. The number of benzene rings is 1. The molecular formula is C14H17NO2. The van der Waals surface area contributed by atoms with E-state index in [0.717, 1.165) is 18.7 Å². The number of nitrogens with one attached hydrogen (secondary N) is 1. The molecule has 90 valence electrons. The molecule has 0 amide bonds. The summed E-state index contributed by atoms with van der Waals surface area (Å²) in [4.78, 5) is 11.4. The number of hydrogen-bond acceptors (Lipinski definition) is 3. The Bertz CT molecular complexity index is 435. The van der Waals surface area contributed by atoms with Crippen molar-refractivity contribution < 1.29 is 9.53 Å². The van der Waals surface area contributed by atoms with Gasteiger partial charge in [0.05, 0.1) is 0 Å². The Hall–Kier alpha value is -1.77. The SMILES string of the molecule is CC1(C)CC(NCc2ccccc2)=CC(=O)O1. The van der Waals surface area contributed by atoms with E-state index in [4.69, 9.17) is 4.74 Å². The summed E-state index contributed by atoms with van der Waals surface area (Å²) in [5.74, 6) is -0.267. The molecule has 1 aliphatic rings. The van der Waals surface area contributed by atoms with Gasteiger partial charge in [0.1, 0.15) is 5.60 Å². The lowest BCUT2D eigenvalue weighted by Crippen LogP contribution is -2.35. The fraction of sp³-hybridized carbons (Fsp3) is 0.357. The number of hydrogen-bond donors (Lipinski definition) is 1. The minimum absolute atomic E-state index is 0.267. The van der Waals surface area contributed by atoms with Crippen LogP contribution in [0.5, 0.6) is 0 Å². The van der Waals surface area contributed by atoms with E-state index < -0.39 is 5.60 Å².